The summed E-state index contributed by atoms with van der Waals surface area (Å²) in [6.07, 6.45) is 0.977. The summed E-state index contributed by atoms with van der Waals surface area (Å²) in [5, 5.41) is 9.29. The summed E-state index contributed by atoms with van der Waals surface area (Å²) in [6.45, 7) is 6.78. The zero-order valence-corrected chi connectivity index (χ0v) is 11.3. The smallest absolute Gasteiger partial charge is 0.0464 e. The van der Waals surface area contributed by atoms with Gasteiger partial charge in [0.15, 0.2) is 0 Å². The molecule has 1 aromatic rings. The third-order valence-corrected chi connectivity index (χ3v) is 3.80. The average molecular weight is 238 g/mol. The van der Waals surface area contributed by atoms with Crippen molar-refractivity contribution in [2.45, 2.75) is 32.1 Å². The molecule has 0 amide bonds. The zero-order chi connectivity index (χ0) is 12.0. The van der Waals surface area contributed by atoms with E-state index in [1.54, 1.807) is 0 Å². The Morgan fingerprint density at radius 3 is 2.25 bits per heavy atom. The lowest BCUT2D eigenvalue weighted by molar-refractivity contribution is 0.189. The Kier molecular flexibility index (Phi) is 5.93. The third kappa shape index (κ3) is 4.18. The summed E-state index contributed by atoms with van der Waals surface area (Å²) < 4.78 is 0. The number of rotatable bonds is 6. The Morgan fingerprint density at radius 1 is 1.19 bits per heavy atom. The topological polar surface area (TPSA) is 20.2 Å². The molecule has 0 spiro atoms. The van der Waals surface area contributed by atoms with E-state index in [0.717, 1.165) is 12.2 Å². The van der Waals surface area contributed by atoms with Gasteiger partial charge in [-0.2, -0.15) is 0 Å². The largest absolute Gasteiger partial charge is 0.396 e. The lowest BCUT2D eigenvalue weighted by atomic mass is 9.90. The molecule has 0 saturated carbocycles. The van der Waals surface area contributed by atoms with Crippen molar-refractivity contribution in [2.75, 3.05) is 12.4 Å². The maximum atomic E-state index is 9.29. The molecule has 16 heavy (non-hydrogen) atoms. The van der Waals surface area contributed by atoms with Gasteiger partial charge in [0, 0.05) is 11.5 Å². The molecule has 1 atom stereocenters. The van der Waals surface area contributed by atoms with Gasteiger partial charge in [-0.25, -0.2) is 0 Å². The molecule has 1 N–H and O–H groups in total. The van der Waals surface area contributed by atoms with Gasteiger partial charge in [0.2, 0.25) is 0 Å². The second kappa shape index (κ2) is 6.97. The van der Waals surface area contributed by atoms with Gasteiger partial charge in [0.1, 0.15) is 0 Å². The molecule has 1 unspecified atom stereocenters. The van der Waals surface area contributed by atoms with Gasteiger partial charge in [-0.1, -0.05) is 32.9 Å². The van der Waals surface area contributed by atoms with Crippen LogP contribution in [0.4, 0.5) is 0 Å². The van der Waals surface area contributed by atoms with Crippen molar-refractivity contribution >= 4 is 11.8 Å². The monoisotopic (exact) mass is 238 g/mol. The molecule has 1 rings (SSSR count). The van der Waals surface area contributed by atoms with E-state index >= 15 is 0 Å². The Hall–Kier alpha value is -0.470. The minimum Gasteiger partial charge on any atom is -0.396 e. The molecular formula is C14H22OS. The van der Waals surface area contributed by atoms with E-state index in [2.05, 4.69) is 45.0 Å². The highest BCUT2D eigenvalue weighted by atomic mass is 32.2. The molecule has 0 saturated heterocycles. The third-order valence-electron chi connectivity index (χ3n) is 2.91. The highest BCUT2D eigenvalue weighted by Crippen LogP contribution is 2.21. The van der Waals surface area contributed by atoms with Crippen molar-refractivity contribution in [1.29, 1.82) is 0 Å². The molecule has 0 radical (unpaired) electrons. The molecule has 0 fully saturated rings. The fourth-order valence-electron chi connectivity index (χ4n) is 1.70. The summed E-state index contributed by atoms with van der Waals surface area (Å²) in [5.41, 5.74) is 1.33. The van der Waals surface area contributed by atoms with Crippen molar-refractivity contribution in [3.8, 4) is 0 Å². The van der Waals surface area contributed by atoms with E-state index in [0.29, 0.717) is 11.8 Å². The SMILES string of the molecule is CCSc1ccc(CC(CO)C(C)C)cc1. The minimum absolute atomic E-state index is 0.281. The summed E-state index contributed by atoms with van der Waals surface area (Å²) >= 11 is 1.87. The molecular weight excluding hydrogens is 216 g/mol. The van der Waals surface area contributed by atoms with E-state index in [-0.39, 0.29) is 6.61 Å². The Labute approximate surface area is 103 Å². The molecule has 0 aromatic heterocycles. The Balaban J connectivity index is 2.60. The van der Waals surface area contributed by atoms with E-state index in [4.69, 9.17) is 0 Å². The van der Waals surface area contributed by atoms with Crippen molar-refractivity contribution < 1.29 is 5.11 Å². The van der Waals surface area contributed by atoms with E-state index in [1.165, 1.54) is 10.5 Å². The fourth-order valence-corrected chi connectivity index (χ4v) is 2.36. The van der Waals surface area contributed by atoms with Crippen LogP contribution in [0.25, 0.3) is 0 Å². The Bertz CT molecular complexity index is 292. The van der Waals surface area contributed by atoms with Gasteiger partial charge in [-0.3, -0.25) is 0 Å². The number of benzene rings is 1. The average Bonchev–Trinajstić information content (AvgIpc) is 2.28. The fraction of sp³-hybridized carbons (Fsp3) is 0.571. The summed E-state index contributed by atoms with van der Waals surface area (Å²) in [4.78, 5) is 1.33. The molecule has 0 bridgehead atoms. The molecule has 1 nitrogen and oxygen atoms in total. The van der Waals surface area contributed by atoms with Gasteiger partial charge in [-0.15, -0.1) is 11.8 Å². The second-order valence-corrected chi connectivity index (χ2v) is 5.81. The lowest BCUT2D eigenvalue weighted by Crippen LogP contribution is -2.16. The molecule has 0 aliphatic carbocycles. The van der Waals surface area contributed by atoms with Crippen LogP contribution in [0.3, 0.4) is 0 Å². The first kappa shape index (κ1) is 13.6. The quantitative estimate of drug-likeness (QED) is 0.764. The van der Waals surface area contributed by atoms with Crippen LogP contribution in [-0.4, -0.2) is 17.5 Å². The standard InChI is InChI=1S/C14H22OS/c1-4-16-14-7-5-12(6-8-14)9-13(10-15)11(2)3/h5-8,11,13,15H,4,9-10H2,1-3H3. The minimum atomic E-state index is 0.281. The van der Waals surface area contributed by atoms with Crippen molar-refractivity contribution in [3.05, 3.63) is 29.8 Å². The predicted octanol–water partition coefficient (Wildman–Crippen LogP) is 3.61. The molecule has 0 aliphatic heterocycles. The summed E-state index contributed by atoms with van der Waals surface area (Å²) in [5.74, 6) is 2.03. The number of hydrogen-bond donors (Lipinski definition) is 1. The molecule has 2 heteroatoms. The lowest BCUT2D eigenvalue weighted by Gasteiger charge is -2.18. The summed E-state index contributed by atoms with van der Waals surface area (Å²) in [6, 6.07) is 8.72. The van der Waals surface area contributed by atoms with Crippen LogP contribution in [0.15, 0.2) is 29.2 Å². The molecule has 0 aliphatic rings. The van der Waals surface area contributed by atoms with Crippen molar-refractivity contribution in [3.63, 3.8) is 0 Å². The first-order valence-electron chi connectivity index (χ1n) is 6.00. The van der Waals surface area contributed by atoms with E-state index < -0.39 is 0 Å². The van der Waals surface area contributed by atoms with Gasteiger partial charge >= 0.3 is 0 Å². The van der Waals surface area contributed by atoms with Crippen LogP contribution in [0.1, 0.15) is 26.3 Å². The van der Waals surface area contributed by atoms with Crippen LogP contribution in [0.5, 0.6) is 0 Å². The molecule has 90 valence electrons. The predicted molar refractivity (Wildman–Crippen MR) is 72.0 cm³/mol. The number of aliphatic hydroxyl groups excluding tert-OH is 1. The van der Waals surface area contributed by atoms with Crippen LogP contribution >= 0.6 is 11.8 Å². The first-order chi connectivity index (χ1) is 7.67. The Morgan fingerprint density at radius 2 is 1.81 bits per heavy atom. The number of aliphatic hydroxyl groups is 1. The van der Waals surface area contributed by atoms with Gasteiger partial charge in [0.05, 0.1) is 0 Å². The first-order valence-corrected chi connectivity index (χ1v) is 6.98. The maximum absolute atomic E-state index is 9.29. The van der Waals surface area contributed by atoms with Crippen LogP contribution < -0.4 is 0 Å². The van der Waals surface area contributed by atoms with E-state index in [1.807, 2.05) is 11.8 Å². The van der Waals surface area contributed by atoms with Gasteiger partial charge in [0.25, 0.3) is 0 Å². The maximum Gasteiger partial charge on any atom is 0.0464 e. The van der Waals surface area contributed by atoms with Crippen molar-refractivity contribution in [2.24, 2.45) is 11.8 Å². The van der Waals surface area contributed by atoms with Crippen LogP contribution in [0.2, 0.25) is 0 Å². The van der Waals surface area contributed by atoms with Gasteiger partial charge < -0.3 is 5.11 Å². The zero-order valence-electron chi connectivity index (χ0n) is 10.4. The van der Waals surface area contributed by atoms with Crippen molar-refractivity contribution in [1.82, 2.24) is 0 Å². The highest BCUT2D eigenvalue weighted by molar-refractivity contribution is 7.99. The van der Waals surface area contributed by atoms with Crippen LogP contribution in [-0.2, 0) is 6.42 Å². The van der Waals surface area contributed by atoms with Gasteiger partial charge in [-0.05, 0) is 41.7 Å². The summed E-state index contributed by atoms with van der Waals surface area (Å²) in [7, 11) is 0. The van der Waals surface area contributed by atoms with E-state index in [9.17, 15) is 5.11 Å². The van der Waals surface area contributed by atoms with Crippen LogP contribution in [0, 0.1) is 11.8 Å². The number of hydrogen-bond acceptors (Lipinski definition) is 2. The molecule has 1 aromatic carbocycles. The normalized spacial score (nSPS) is 13.1. The highest BCUT2D eigenvalue weighted by Gasteiger charge is 2.12. The molecule has 0 heterocycles. The second-order valence-electron chi connectivity index (χ2n) is 4.47. The number of thioether (sulfide) groups is 1.